The van der Waals surface area contributed by atoms with E-state index in [9.17, 15) is 0 Å². The number of rotatable bonds is 3. The van der Waals surface area contributed by atoms with E-state index in [0.29, 0.717) is 18.3 Å². The first-order valence-corrected chi connectivity index (χ1v) is 8.35. The molecular weight excluding hydrogens is 316 g/mol. The number of ether oxygens (including phenoxy) is 1. The summed E-state index contributed by atoms with van der Waals surface area (Å²) in [6, 6.07) is 14.2. The van der Waals surface area contributed by atoms with Crippen LogP contribution in [0.25, 0.3) is 11.5 Å². The van der Waals surface area contributed by atoms with E-state index in [1.54, 1.807) is 6.20 Å². The van der Waals surface area contributed by atoms with Gasteiger partial charge in [0.2, 0.25) is 0 Å². The van der Waals surface area contributed by atoms with E-state index in [1.807, 2.05) is 37.3 Å². The van der Waals surface area contributed by atoms with Gasteiger partial charge in [-0.3, -0.25) is 0 Å². The fourth-order valence-corrected chi connectivity index (χ4v) is 3.17. The van der Waals surface area contributed by atoms with Crippen molar-refractivity contribution in [1.82, 2.24) is 15.1 Å². The molecule has 0 bridgehead atoms. The van der Waals surface area contributed by atoms with Crippen molar-refractivity contribution >= 4 is 5.82 Å². The van der Waals surface area contributed by atoms with E-state index in [1.165, 1.54) is 5.56 Å². The van der Waals surface area contributed by atoms with E-state index in [2.05, 4.69) is 39.1 Å². The molecule has 0 radical (unpaired) electrons. The first-order valence-electron chi connectivity index (χ1n) is 8.35. The number of hydrogen-bond acceptors (Lipinski definition) is 6. The smallest absolute Gasteiger partial charge is 0.258 e. The van der Waals surface area contributed by atoms with Crippen LogP contribution in [0.2, 0.25) is 0 Å². The third kappa shape index (κ3) is 3.13. The van der Waals surface area contributed by atoms with Crippen LogP contribution < -0.4 is 4.90 Å². The second-order valence-corrected chi connectivity index (χ2v) is 6.42. The topological polar surface area (TPSA) is 64.3 Å². The molecule has 1 fully saturated rings. The van der Waals surface area contributed by atoms with Crippen LogP contribution in [0.1, 0.15) is 18.3 Å². The van der Waals surface area contributed by atoms with Crippen LogP contribution in [0.5, 0.6) is 0 Å². The van der Waals surface area contributed by atoms with Crippen LogP contribution in [0.3, 0.4) is 0 Å². The van der Waals surface area contributed by atoms with Gasteiger partial charge >= 0.3 is 0 Å². The fourth-order valence-electron chi connectivity index (χ4n) is 3.17. The van der Waals surface area contributed by atoms with Crippen molar-refractivity contribution in [3.05, 3.63) is 60.0 Å². The molecule has 3 heterocycles. The second kappa shape index (κ2) is 6.29. The van der Waals surface area contributed by atoms with Crippen LogP contribution in [0.15, 0.2) is 53.2 Å². The summed E-state index contributed by atoms with van der Waals surface area (Å²) in [7, 11) is 0. The number of nitrogens with zero attached hydrogens (tertiary/aromatic N) is 4. The molecule has 25 heavy (non-hydrogen) atoms. The van der Waals surface area contributed by atoms with Gasteiger partial charge in [0.1, 0.15) is 11.4 Å². The third-order valence-corrected chi connectivity index (χ3v) is 4.50. The lowest BCUT2D eigenvalue weighted by atomic mass is 9.94. The van der Waals surface area contributed by atoms with E-state index < -0.39 is 0 Å². The largest absolute Gasteiger partial charge is 0.367 e. The summed E-state index contributed by atoms with van der Waals surface area (Å²) >= 11 is 0. The normalized spacial score (nSPS) is 20.6. The Morgan fingerprint density at radius 3 is 2.76 bits per heavy atom. The maximum atomic E-state index is 6.11. The number of benzene rings is 1. The number of pyridine rings is 1. The molecule has 4 rings (SSSR count). The standard InChI is InChI=1S/C19H20N4O2/c1-14-21-18(25-22-14)15-8-9-20-17(12-15)23-10-11-24-19(2,13-23)16-6-4-3-5-7-16/h3-9,12H,10-11,13H2,1-2H3. The molecule has 1 saturated heterocycles. The molecule has 0 N–H and O–H groups in total. The number of hydrogen-bond donors (Lipinski definition) is 0. The highest BCUT2D eigenvalue weighted by Gasteiger charge is 2.34. The minimum Gasteiger partial charge on any atom is -0.367 e. The minimum absolute atomic E-state index is 0.363. The molecule has 6 heteroatoms. The first-order chi connectivity index (χ1) is 12.1. The minimum atomic E-state index is -0.363. The van der Waals surface area contributed by atoms with Gasteiger partial charge in [-0.25, -0.2) is 4.98 Å². The lowest BCUT2D eigenvalue weighted by molar-refractivity contribution is -0.0468. The van der Waals surface area contributed by atoms with Crippen molar-refractivity contribution in [2.45, 2.75) is 19.4 Å². The van der Waals surface area contributed by atoms with E-state index in [-0.39, 0.29) is 5.60 Å². The van der Waals surface area contributed by atoms with Crippen LogP contribution >= 0.6 is 0 Å². The number of aromatic nitrogens is 3. The summed E-state index contributed by atoms with van der Waals surface area (Å²) in [5, 5.41) is 3.86. The first kappa shape index (κ1) is 15.8. The molecule has 3 aromatic rings. The molecule has 0 aliphatic carbocycles. The van der Waals surface area contributed by atoms with Gasteiger partial charge in [-0.15, -0.1) is 0 Å². The van der Waals surface area contributed by atoms with Crippen LogP contribution in [-0.4, -0.2) is 34.8 Å². The van der Waals surface area contributed by atoms with Gasteiger partial charge in [0.05, 0.1) is 13.2 Å². The van der Waals surface area contributed by atoms with Gasteiger partial charge in [-0.05, 0) is 31.5 Å². The Kier molecular flexibility index (Phi) is 3.97. The van der Waals surface area contributed by atoms with Gasteiger partial charge in [-0.1, -0.05) is 35.5 Å². The Bertz CT molecular complexity index is 865. The zero-order valence-electron chi connectivity index (χ0n) is 14.3. The summed E-state index contributed by atoms with van der Waals surface area (Å²) in [6.45, 7) is 6.11. The molecule has 6 nitrogen and oxygen atoms in total. The highest BCUT2D eigenvalue weighted by molar-refractivity contribution is 5.59. The maximum Gasteiger partial charge on any atom is 0.258 e. The molecule has 2 aromatic heterocycles. The number of anilines is 1. The van der Waals surface area contributed by atoms with E-state index >= 15 is 0 Å². The Morgan fingerprint density at radius 2 is 2.00 bits per heavy atom. The van der Waals surface area contributed by atoms with E-state index in [0.717, 1.165) is 24.5 Å². The average Bonchev–Trinajstić information content (AvgIpc) is 3.09. The van der Waals surface area contributed by atoms with Crippen molar-refractivity contribution in [2.75, 3.05) is 24.6 Å². The van der Waals surface area contributed by atoms with Gasteiger partial charge in [0.25, 0.3) is 5.89 Å². The summed E-state index contributed by atoms with van der Waals surface area (Å²) in [6.07, 6.45) is 1.78. The second-order valence-electron chi connectivity index (χ2n) is 6.42. The predicted octanol–water partition coefficient (Wildman–Crippen LogP) is 3.19. The predicted molar refractivity (Wildman–Crippen MR) is 94.2 cm³/mol. The molecular formula is C19H20N4O2. The van der Waals surface area contributed by atoms with Gasteiger partial charge in [0, 0.05) is 18.3 Å². The van der Waals surface area contributed by atoms with Crippen LogP contribution in [-0.2, 0) is 10.3 Å². The molecule has 1 unspecified atom stereocenters. The molecule has 1 aromatic carbocycles. The Labute approximate surface area is 146 Å². The summed E-state index contributed by atoms with van der Waals surface area (Å²) in [4.78, 5) is 11.1. The van der Waals surface area contributed by atoms with Crippen LogP contribution in [0, 0.1) is 6.92 Å². The van der Waals surface area contributed by atoms with Crippen molar-refractivity contribution in [3.8, 4) is 11.5 Å². The van der Waals surface area contributed by atoms with Crippen LogP contribution in [0.4, 0.5) is 5.82 Å². The maximum absolute atomic E-state index is 6.11. The SMILES string of the molecule is Cc1noc(-c2ccnc(N3CCOC(C)(c4ccccc4)C3)c2)n1. The molecule has 1 atom stereocenters. The van der Waals surface area contributed by atoms with Crippen molar-refractivity contribution < 1.29 is 9.26 Å². The quantitative estimate of drug-likeness (QED) is 0.732. The molecule has 1 aliphatic heterocycles. The van der Waals surface area contributed by atoms with Crippen molar-refractivity contribution in [1.29, 1.82) is 0 Å². The highest BCUT2D eigenvalue weighted by atomic mass is 16.5. The van der Waals surface area contributed by atoms with Crippen molar-refractivity contribution in [2.24, 2.45) is 0 Å². The van der Waals surface area contributed by atoms with Gasteiger partial charge < -0.3 is 14.2 Å². The number of morpholine rings is 1. The third-order valence-electron chi connectivity index (χ3n) is 4.50. The fraction of sp³-hybridized carbons (Fsp3) is 0.316. The van der Waals surface area contributed by atoms with Gasteiger partial charge in [0.15, 0.2) is 5.82 Å². The Balaban J connectivity index is 1.62. The molecule has 0 amide bonds. The number of aryl methyl sites for hydroxylation is 1. The lowest BCUT2D eigenvalue weighted by Crippen LogP contribution is -2.48. The molecule has 128 valence electrons. The Hall–Kier alpha value is -2.73. The average molecular weight is 336 g/mol. The summed E-state index contributed by atoms with van der Waals surface area (Å²) < 4.78 is 11.4. The zero-order valence-corrected chi connectivity index (χ0v) is 14.3. The Morgan fingerprint density at radius 1 is 1.16 bits per heavy atom. The summed E-state index contributed by atoms with van der Waals surface area (Å²) in [5.41, 5.74) is 1.68. The van der Waals surface area contributed by atoms with Gasteiger partial charge in [-0.2, -0.15) is 4.98 Å². The van der Waals surface area contributed by atoms with E-state index in [4.69, 9.17) is 9.26 Å². The summed E-state index contributed by atoms with van der Waals surface area (Å²) in [5.74, 6) is 2.02. The lowest BCUT2D eigenvalue weighted by Gasteiger charge is -2.41. The highest BCUT2D eigenvalue weighted by Crippen LogP contribution is 2.32. The monoisotopic (exact) mass is 336 g/mol. The molecule has 0 spiro atoms. The molecule has 0 saturated carbocycles. The zero-order chi connectivity index (χ0) is 17.3. The van der Waals surface area contributed by atoms with Crippen molar-refractivity contribution in [3.63, 3.8) is 0 Å². The molecule has 1 aliphatic rings.